The van der Waals surface area contributed by atoms with Crippen molar-refractivity contribution in [3.8, 4) is 5.75 Å². The lowest BCUT2D eigenvalue weighted by molar-refractivity contribution is -0.697. The summed E-state index contributed by atoms with van der Waals surface area (Å²) in [5, 5.41) is 3.08. The Morgan fingerprint density at radius 3 is 2.19 bits per heavy atom. The van der Waals surface area contributed by atoms with Crippen LogP contribution in [0.2, 0.25) is 0 Å². The van der Waals surface area contributed by atoms with Gasteiger partial charge in [0.15, 0.2) is 12.4 Å². The molecule has 200 valence electrons. The number of amides is 1. The van der Waals surface area contributed by atoms with Gasteiger partial charge >= 0.3 is 0 Å². The molecule has 2 rings (SSSR count). The molecule has 4 heteroatoms. The van der Waals surface area contributed by atoms with Crippen LogP contribution in [0.15, 0.2) is 42.7 Å². The summed E-state index contributed by atoms with van der Waals surface area (Å²) in [6, 6.07) is 9.96. The molecule has 0 aliphatic rings. The van der Waals surface area contributed by atoms with Gasteiger partial charge < -0.3 is 10.1 Å². The molecule has 0 bridgehead atoms. The van der Waals surface area contributed by atoms with Gasteiger partial charge in [0.05, 0.1) is 6.61 Å². The van der Waals surface area contributed by atoms with Crippen molar-refractivity contribution in [3.05, 3.63) is 59.4 Å². The molecule has 1 N–H and O–H groups in total. The number of nitrogens with one attached hydrogen (secondary N) is 1. The zero-order valence-electron chi connectivity index (χ0n) is 23.7. The summed E-state index contributed by atoms with van der Waals surface area (Å²) in [6.45, 7) is 13.2. The Bertz CT molecular complexity index is 901. The quantitative estimate of drug-likeness (QED) is 0.179. The summed E-state index contributed by atoms with van der Waals surface area (Å²) >= 11 is 0. The monoisotopic (exact) mass is 495 g/mol. The van der Waals surface area contributed by atoms with Gasteiger partial charge in [-0.3, -0.25) is 4.79 Å². The number of hydrogen-bond donors (Lipinski definition) is 1. The number of rotatable bonds is 17. The molecule has 0 unspecified atom stereocenters. The maximum Gasteiger partial charge on any atom is 0.251 e. The molecule has 0 atom stereocenters. The predicted octanol–water partition coefficient (Wildman–Crippen LogP) is 7.91. The number of ether oxygens (including phenoxy) is 1. The van der Waals surface area contributed by atoms with Crippen LogP contribution in [-0.4, -0.2) is 12.5 Å². The second kappa shape index (κ2) is 16.4. The Morgan fingerprint density at radius 2 is 1.56 bits per heavy atom. The Morgan fingerprint density at radius 1 is 0.889 bits per heavy atom. The molecule has 36 heavy (non-hydrogen) atoms. The van der Waals surface area contributed by atoms with Crippen molar-refractivity contribution in [2.24, 2.45) is 0 Å². The van der Waals surface area contributed by atoms with Crippen molar-refractivity contribution in [3.63, 3.8) is 0 Å². The van der Waals surface area contributed by atoms with Crippen molar-refractivity contribution in [2.75, 3.05) is 6.61 Å². The maximum atomic E-state index is 12.9. The van der Waals surface area contributed by atoms with Crippen molar-refractivity contribution in [1.29, 1.82) is 0 Å². The zero-order chi connectivity index (χ0) is 26.2. The minimum atomic E-state index is -0.103. The van der Waals surface area contributed by atoms with Gasteiger partial charge in [0.2, 0.25) is 0 Å². The van der Waals surface area contributed by atoms with Crippen LogP contribution in [0.1, 0.15) is 127 Å². The van der Waals surface area contributed by atoms with Crippen molar-refractivity contribution >= 4 is 5.91 Å². The van der Waals surface area contributed by atoms with Gasteiger partial charge in [-0.2, -0.15) is 0 Å². The molecule has 1 aromatic carbocycles. The van der Waals surface area contributed by atoms with Gasteiger partial charge in [0.1, 0.15) is 12.3 Å². The Balaban J connectivity index is 1.82. The molecule has 0 fully saturated rings. The average molecular weight is 496 g/mol. The van der Waals surface area contributed by atoms with Gasteiger partial charge in [-0.1, -0.05) is 92.4 Å². The molecule has 1 aromatic heterocycles. The Hall–Kier alpha value is -2.36. The first kappa shape index (κ1) is 29.9. The summed E-state index contributed by atoms with van der Waals surface area (Å²) < 4.78 is 8.37. The van der Waals surface area contributed by atoms with E-state index >= 15 is 0 Å². The molecule has 0 radical (unpaired) electrons. The predicted molar refractivity (Wildman–Crippen MR) is 151 cm³/mol. The normalized spacial score (nSPS) is 11.5. The van der Waals surface area contributed by atoms with E-state index in [9.17, 15) is 4.79 Å². The summed E-state index contributed by atoms with van der Waals surface area (Å²) in [7, 11) is 0. The first-order chi connectivity index (χ1) is 17.3. The summed E-state index contributed by atoms with van der Waals surface area (Å²) in [6.07, 6.45) is 18.4. The van der Waals surface area contributed by atoms with Crippen LogP contribution >= 0.6 is 0 Å². The fourth-order valence-corrected chi connectivity index (χ4v) is 4.52. The standard InChI is InChI=1S/C32H50N2O2/c1-6-8-9-10-11-12-13-14-15-16-23-36-30-20-19-28(24-29(30)32(3,4)5)31(35)33-25-27-18-17-22-34(26-27)21-7-2/h17-20,22,24,26H,6-16,21,23,25H2,1-5H3/p+1. The molecule has 4 nitrogen and oxygen atoms in total. The first-order valence-electron chi connectivity index (χ1n) is 14.4. The molecule has 1 heterocycles. The van der Waals surface area contributed by atoms with Crippen LogP contribution in [0.5, 0.6) is 5.75 Å². The van der Waals surface area contributed by atoms with E-state index in [4.69, 9.17) is 4.74 Å². The average Bonchev–Trinajstić information content (AvgIpc) is 2.86. The third-order valence-corrected chi connectivity index (χ3v) is 6.66. The van der Waals surface area contributed by atoms with E-state index in [2.05, 4.69) is 63.0 Å². The SMILES string of the molecule is CCCCCCCCCCCCOc1ccc(C(=O)NCc2ccc[n+](CCC)c2)cc1C(C)(C)C. The summed E-state index contributed by atoms with van der Waals surface area (Å²) in [5.41, 5.74) is 2.77. The van der Waals surface area contributed by atoms with Crippen molar-refractivity contribution in [1.82, 2.24) is 5.32 Å². The van der Waals surface area contributed by atoms with E-state index in [0.717, 1.165) is 42.9 Å². The highest BCUT2D eigenvalue weighted by Crippen LogP contribution is 2.32. The lowest BCUT2D eigenvalue weighted by atomic mass is 9.85. The number of nitrogens with zero attached hydrogens (tertiary/aromatic N) is 1. The molecule has 0 aliphatic heterocycles. The van der Waals surface area contributed by atoms with E-state index in [1.807, 2.05) is 24.3 Å². The third kappa shape index (κ3) is 11.1. The minimum Gasteiger partial charge on any atom is -0.493 e. The number of hydrogen-bond acceptors (Lipinski definition) is 2. The number of carbonyl (C=O) groups excluding carboxylic acids is 1. The number of carbonyl (C=O) groups is 1. The Kier molecular flexibility index (Phi) is 13.6. The van der Waals surface area contributed by atoms with Gasteiger partial charge in [0.25, 0.3) is 5.91 Å². The minimum absolute atomic E-state index is 0.0485. The lowest BCUT2D eigenvalue weighted by Crippen LogP contribution is -2.34. The van der Waals surface area contributed by atoms with Gasteiger partial charge in [-0.15, -0.1) is 0 Å². The van der Waals surface area contributed by atoms with Crippen LogP contribution in [-0.2, 0) is 18.5 Å². The first-order valence-corrected chi connectivity index (χ1v) is 14.4. The summed E-state index contributed by atoms with van der Waals surface area (Å²) in [4.78, 5) is 12.9. The maximum absolute atomic E-state index is 12.9. The number of benzene rings is 1. The molecule has 2 aromatic rings. The number of unbranched alkanes of at least 4 members (excludes halogenated alkanes) is 9. The van der Waals surface area contributed by atoms with E-state index in [1.165, 1.54) is 57.8 Å². The van der Waals surface area contributed by atoms with Crippen LogP contribution in [0.4, 0.5) is 0 Å². The van der Waals surface area contributed by atoms with E-state index in [0.29, 0.717) is 12.1 Å². The fraction of sp³-hybridized carbons (Fsp3) is 0.625. The highest BCUT2D eigenvalue weighted by atomic mass is 16.5. The number of aromatic nitrogens is 1. The van der Waals surface area contributed by atoms with Crippen molar-refractivity contribution < 1.29 is 14.1 Å². The Labute approximate surface area is 220 Å². The molecule has 0 spiro atoms. The molecule has 1 amide bonds. The smallest absolute Gasteiger partial charge is 0.251 e. The van der Waals surface area contributed by atoms with Crippen molar-refractivity contribution in [2.45, 2.75) is 124 Å². The zero-order valence-corrected chi connectivity index (χ0v) is 23.7. The van der Waals surface area contributed by atoms with Crippen LogP contribution in [0.25, 0.3) is 0 Å². The van der Waals surface area contributed by atoms with Crippen LogP contribution in [0, 0.1) is 0 Å². The largest absolute Gasteiger partial charge is 0.493 e. The molecular weight excluding hydrogens is 444 g/mol. The lowest BCUT2D eigenvalue weighted by Gasteiger charge is -2.23. The van der Waals surface area contributed by atoms with Gasteiger partial charge in [0, 0.05) is 35.7 Å². The summed E-state index contributed by atoms with van der Waals surface area (Å²) in [5.74, 6) is 0.853. The second-order valence-corrected chi connectivity index (χ2v) is 11.1. The van der Waals surface area contributed by atoms with Crippen LogP contribution in [0.3, 0.4) is 0 Å². The molecule has 0 saturated carbocycles. The second-order valence-electron chi connectivity index (χ2n) is 11.1. The molecular formula is C32H51N2O2+. The van der Waals surface area contributed by atoms with Gasteiger partial charge in [-0.05, 0) is 36.1 Å². The number of aryl methyl sites for hydroxylation is 1. The highest BCUT2D eigenvalue weighted by Gasteiger charge is 2.21. The molecule has 0 saturated heterocycles. The topological polar surface area (TPSA) is 42.2 Å². The third-order valence-electron chi connectivity index (χ3n) is 6.66. The van der Waals surface area contributed by atoms with Crippen LogP contribution < -0.4 is 14.6 Å². The highest BCUT2D eigenvalue weighted by molar-refractivity contribution is 5.94. The van der Waals surface area contributed by atoms with Gasteiger partial charge in [-0.25, -0.2) is 4.57 Å². The fourth-order valence-electron chi connectivity index (χ4n) is 4.52. The van der Waals surface area contributed by atoms with E-state index in [1.54, 1.807) is 0 Å². The molecule has 0 aliphatic carbocycles. The van der Waals surface area contributed by atoms with E-state index in [-0.39, 0.29) is 11.3 Å². The number of pyridine rings is 1. The van der Waals surface area contributed by atoms with E-state index < -0.39 is 0 Å².